The summed E-state index contributed by atoms with van der Waals surface area (Å²) in [5.74, 6) is 0. The number of nitrogens with zero attached hydrogens (tertiary/aromatic N) is 8. The fourth-order valence-corrected chi connectivity index (χ4v) is 5.12. The van der Waals surface area contributed by atoms with Crippen molar-refractivity contribution in [2.45, 2.75) is 96.2 Å². The van der Waals surface area contributed by atoms with Crippen LogP contribution in [0, 0.1) is 90.0 Å². The van der Waals surface area contributed by atoms with Crippen LogP contribution in [0.25, 0.3) is 0 Å². The molecule has 8 aromatic heterocycles. The maximum Gasteiger partial charge on any atom is 0.417 e. The molecule has 0 aliphatic rings. The number of pyridine rings is 8. The first-order chi connectivity index (χ1) is 32.0. The van der Waals surface area contributed by atoms with Gasteiger partial charge in [0, 0.05) is 84.2 Å². The second kappa shape index (κ2) is 32.5. The van der Waals surface area contributed by atoms with E-state index in [1.54, 1.807) is 19.2 Å². The number of halogens is 6. The van der Waals surface area contributed by atoms with E-state index in [1.165, 1.54) is 38.9 Å². The van der Waals surface area contributed by atoms with Crippen molar-refractivity contribution in [3.63, 3.8) is 0 Å². The average molecular weight is 986 g/mol. The molecule has 0 N–H and O–H groups in total. The molecule has 0 aliphatic heterocycles. The van der Waals surface area contributed by atoms with Gasteiger partial charge in [0.25, 0.3) is 0 Å². The molecule has 8 nitrogen and oxygen atoms in total. The number of rotatable bonds is 0. The molecule has 0 atom stereocenters. The largest absolute Gasteiger partial charge is 0.417 e. The van der Waals surface area contributed by atoms with Crippen molar-refractivity contribution < 1.29 is 13.2 Å². The van der Waals surface area contributed by atoms with E-state index < -0.39 is 11.7 Å². The van der Waals surface area contributed by atoms with Gasteiger partial charge in [-0.05, 0) is 184 Å². The summed E-state index contributed by atoms with van der Waals surface area (Å²) in [5, 5.41) is 0.906. The van der Waals surface area contributed by atoms with Gasteiger partial charge in [-0.1, -0.05) is 65.1 Å². The van der Waals surface area contributed by atoms with Crippen molar-refractivity contribution in [3.8, 4) is 0 Å². The monoisotopic (exact) mass is 984 g/mol. The van der Waals surface area contributed by atoms with Gasteiger partial charge in [0.15, 0.2) is 0 Å². The first-order valence-corrected chi connectivity index (χ1v) is 22.4. The Labute approximate surface area is 416 Å². The summed E-state index contributed by atoms with van der Waals surface area (Å²) < 4.78 is 36.0. The lowest BCUT2D eigenvalue weighted by atomic mass is 10.2. The molecule has 14 heteroatoms. The minimum atomic E-state index is -4.37. The number of hydrogen-bond donors (Lipinski definition) is 0. The Bertz CT molecular complexity index is 2460. The molecule has 8 rings (SSSR count). The molecule has 0 radical (unpaired) electrons. The number of hydrogen-bond acceptors (Lipinski definition) is 8. The van der Waals surface area contributed by atoms with Gasteiger partial charge in [-0.25, -0.2) is 4.98 Å². The van der Waals surface area contributed by atoms with E-state index in [2.05, 4.69) is 78.8 Å². The zero-order valence-corrected chi connectivity index (χ0v) is 43.4. The highest BCUT2D eigenvalue weighted by atomic mass is 35.5. The molecular formula is C54H62Cl3F3N8. The Balaban J connectivity index is 0.000000390. The number of alkyl halides is 3. The van der Waals surface area contributed by atoms with E-state index in [0.717, 1.165) is 40.7 Å². The van der Waals surface area contributed by atoms with Crippen LogP contribution < -0.4 is 0 Å². The van der Waals surface area contributed by atoms with Crippen LogP contribution in [0.3, 0.4) is 0 Å². The molecule has 0 amide bonds. The van der Waals surface area contributed by atoms with Crippen molar-refractivity contribution in [1.82, 2.24) is 39.9 Å². The van der Waals surface area contributed by atoms with Gasteiger partial charge in [0.1, 0.15) is 5.15 Å². The van der Waals surface area contributed by atoms with E-state index >= 15 is 0 Å². The van der Waals surface area contributed by atoms with Gasteiger partial charge in [-0.2, -0.15) is 13.2 Å². The predicted octanol–water partition coefficient (Wildman–Crippen LogP) is 15.6. The van der Waals surface area contributed by atoms with Crippen LogP contribution in [-0.2, 0) is 6.18 Å². The first kappa shape index (κ1) is 59.9. The molecule has 0 saturated carbocycles. The van der Waals surface area contributed by atoms with Gasteiger partial charge in [-0.3, -0.25) is 34.9 Å². The zero-order valence-electron chi connectivity index (χ0n) is 41.1. The number of aromatic nitrogens is 8. The molecule has 8 heterocycles. The van der Waals surface area contributed by atoms with Crippen LogP contribution in [-0.4, -0.2) is 39.9 Å². The summed E-state index contributed by atoms with van der Waals surface area (Å²) in [4.78, 5) is 31.5. The lowest BCUT2D eigenvalue weighted by Crippen LogP contribution is -2.05. The summed E-state index contributed by atoms with van der Waals surface area (Å²) in [6, 6.07) is 26.5. The third-order valence-electron chi connectivity index (χ3n) is 8.77. The third kappa shape index (κ3) is 28.1. The van der Waals surface area contributed by atoms with E-state index in [1.807, 2.05) is 160 Å². The van der Waals surface area contributed by atoms with E-state index in [-0.39, 0.29) is 5.02 Å². The fourth-order valence-electron chi connectivity index (χ4n) is 4.65. The topological polar surface area (TPSA) is 103 Å². The Hall–Kier alpha value is -6.14. The highest BCUT2D eigenvalue weighted by Crippen LogP contribution is 2.30. The van der Waals surface area contributed by atoms with Crippen LogP contribution in [0.15, 0.2) is 141 Å². The van der Waals surface area contributed by atoms with E-state index in [0.29, 0.717) is 15.9 Å². The van der Waals surface area contributed by atoms with Crippen LogP contribution in [0.4, 0.5) is 13.2 Å². The van der Waals surface area contributed by atoms with E-state index in [4.69, 9.17) is 34.8 Å². The Morgan fingerprint density at radius 2 is 0.956 bits per heavy atom. The third-order valence-corrected chi connectivity index (χ3v) is 9.85. The van der Waals surface area contributed by atoms with E-state index in [9.17, 15) is 13.2 Å². The van der Waals surface area contributed by atoms with Crippen molar-refractivity contribution in [1.29, 1.82) is 0 Å². The minimum absolute atomic E-state index is 0.0322. The summed E-state index contributed by atoms with van der Waals surface area (Å²) in [6.07, 6.45) is 11.1. The van der Waals surface area contributed by atoms with Gasteiger partial charge in [0.2, 0.25) is 0 Å². The van der Waals surface area contributed by atoms with Crippen molar-refractivity contribution in [2.24, 2.45) is 0 Å². The molecular weight excluding hydrogens is 924 g/mol. The average Bonchev–Trinajstić information content (AvgIpc) is 3.28. The molecule has 68 heavy (non-hydrogen) atoms. The lowest BCUT2D eigenvalue weighted by Gasteiger charge is -2.06. The van der Waals surface area contributed by atoms with Gasteiger partial charge >= 0.3 is 6.18 Å². The van der Waals surface area contributed by atoms with Crippen molar-refractivity contribution >= 4 is 34.8 Å². The van der Waals surface area contributed by atoms with Crippen molar-refractivity contribution in [3.05, 3.63) is 235 Å². The normalized spacial score (nSPS) is 9.69. The van der Waals surface area contributed by atoms with Crippen LogP contribution in [0.2, 0.25) is 15.2 Å². The lowest BCUT2D eigenvalue weighted by molar-refractivity contribution is -0.137. The molecule has 0 aromatic carbocycles. The molecule has 0 fully saturated rings. The molecule has 360 valence electrons. The van der Waals surface area contributed by atoms with Crippen LogP contribution >= 0.6 is 34.8 Å². The number of aryl methyl sites for hydroxylation is 13. The molecule has 0 aliphatic carbocycles. The molecule has 0 spiro atoms. The van der Waals surface area contributed by atoms with Crippen LogP contribution in [0.5, 0.6) is 0 Å². The molecule has 0 saturated heterocycles. The summed E-state index contributed by atoms with van der Waals surface area (Å²) in [6.45, 7) is 25.7. The van der Waals surface area contributed by atoms with Gasteiger partial charge in [0.05, 0.1) is 21.3 Å². The SMILES string of the molecule is Cc1ccc(C)nc1.Cc1ccc(Cl)c(Cl)n1.Cc1cccc(C)n1.Cc1cccnc1.Cc1cccnc1C.Cc1ccncc1C.Cc1cncc(C)c1.Cc1ncc(C(F)(F)F)cc1Cl. The Kier molecular flexibility index (Phi) is 28.7. The van der Waals surface area contributed by atoms with Gasteiger partial charge < -0.3 is 0 Å². The maximum atomic E-state index is 12.0. The van der Waals surface area contributed by atoms with Gasteiger partial charge in [-0.15, -0.1) is 0 Å². The highest BCUT2D eigenvalue weighted by Gasteiger charge is 2.31. The molecule has 0 unspecified atom stereocenters. The fraction of sp³-hybridized carbons (Fsp3) is 0.259. The summed E-state index contributed by atoms with van der Waals surface area (Å²) in [7, 11) is 0. The summed E-state index contributed by atoms with van der Waals surface area (Å²) in [5.41, 5.74) is 13.5. The minimum Gasteiger partial charge on any atom is -0.264 e. The molecule has 8 aromatic rings. The second-order valence-corrected chi connectivity index (χ2v) is 16.5. The summed E-state index contributed by atoms with van der Waals surface area (Å²) >= 11 is 16.6. The Morgan fingerprint density at radius 3 is 1.31 bits per heavy atom. The smallest absolute Gasteiger partial charge is 0.264 e. The van der Waals surface area contributed by atoms with Crippen molar-refractivity contribution in [2.75, 3.05) is 0 Å². The standard InChI is InChI=1S/C7H5ClF3N.5C7H9N.C6H5Cl2N.C6H7N/c1-4-6(8)2-5(3-12-4)7(9,10)11;1-6-3-7(2)5-8-4-6;1-6-3-4-8-5-7(6)2;1-6-3-4-7(2)8-5-6;1-6-4-3-5-8-7(6)2;1-6-4-3-5-7(2)8-6;1-4-2-3-5(7)6(8)9-4;1-6-3-2-4-7-5-6/h2-3H,1H3;5*3-5H,1-2H3;2-3H,1H3;2-5H,1H3. The maximum absolute atomic E-state index is 12.0. The highest BCUT2D eigenvalue weighted by molar-refractivity contribution is 6.41. The first-order valence-electron chi connectivity index (χ1n) is 21.3. The van der Waals surface area contributed by atoms with Crippen LogP contribution in [0.1, 0.15) is 78.7 Å². The second-order valence-electron chi connectivity index (χ2n) is 15.3. The zero-order chi connectivity index (χ0) is 51.2. The Morgan fingerprint density at radius 1 is 0.382 bits per heavy atom. The molecule has 0 bridgehead atoms. The quantitative estimate of drug-likeness (QED) is 0.138. The predicted molar refractivity (Wildman–Crippen MR) is 276 cm³/mol.